The molecule has 166 valence electrons. The number of hydrogen-bond donors (Lipinski definition) is 0. The molecule has 0 aromatic carbocycles. The zero-order valence-corrected chi connectivity index (χ0v) is 23.2. The maximum atomic E-state index is 7.17. The van der Waals surface area contributed by atoms with Gasteiger partial charge in [-0.05, 0) is 47.7 Å². The Kier molecular flexibility index (Phi) is 11.9. The average Bonchev–Trinajstić information content (AvgIpc) is 2.59. The first-order valence-electron chi connectivity index (χ1n) is 11.6. The third-order valence-corrected chi connectivity index (χ3v) is 13.6. The molecule has 0 bridgehead atoms. The van der Waals surface area contributed by atoms with Crippen LogP contribution in [0, 0.1) is 11.8 Å². The summed E-state index contributed by atoms with van der Waals surface area (Å²) >= 11 is 2.48. The van der Waals surface area contributed by atoms with Gasteiger partial charge in [0.15, 0.2) is 0 Å². The van der Waals surface area contributed by atoms with Gasteiger partial charge in [0.25, 0.3) is 0 Å². The maximum absolute atomic E-state index is 7.17. The van der Waals surface area contributed by atoms with E-state index in [2.05, 4.69) is 97.1 Å². The highest BCUT2D eigenvalue weighted by Gasteiger charge is 2.46. The second kappa shape index (κ2) is 12.5. The van der Waals surface area contributed by atoms with E-state index in [-0.39, 0.29) is 6.10 Å². The molecule has 1 saturated heterocycles. The fraction of sp³-hybridized carbons (Fsp3) is 0.917. The van der Waals surface area contributed by atoms with Gasteiger partial charge in [0.1, 0.15) is 0 Å². The van der Waals surface area contributed by atoms with Crippen molar-refractivity contribution in [2.45, 2.75) is 123 Å². The molecule has 4 atom stereocenters. The molecule has 28 heavy (non-hydrogen) atoms. The molecular formula is C24H47IO2Si. The van der Waals surface area contributed by atoms with Gasteiger partial charge < -0.3 is 9.16 Å². The van der Waals surface area contributed by atoms with Crippen molar-refractivity contribution in [3.8, 4) is 0 Å². The Bertz CT molecular complexity index is 440. The number of rotatable bonds is 11. The quantitative estimate of drug-likeness (QED) is 0.118. The first-order chi connectivity index (χ1) is 13.0. The predicted octanol–water partition coefficient (Wildman–Crippen LogP) is 8.16. The minimum Gasteiger partial charge on any atom is -0.410 e. The molecule has 0 spiro atoms. The van der Waals surface area contributed by atoms with Gasteiger partial charge in [0, 0.05) is 10.8 Å². The molecule has 0 N–H and O–H groups in total. The lowest BCUT2D eigenvalue weighted by Crippen LogP contribution is -2.50. The zero-order valence-electron chi connectivity index (χ0n) is 20.0. The molecule has 1 rings (SSSR count). The van der Waals surface area contributed by atoms with Crippen LogP contribution in [0.2, 0.25) is 16.6 Å². The second-order valence-corrected chi connectivity index (χ2v) is 16.6. The molecule has 0 aromatic heterocycles. The van der Waals surface area contributed by atoms with E-state index < -0.39 is 8.32 Å². The molecular weight excluding hydrogens is 475 g/mol. The SMILES string of the molecule is CC(C)C/C=C/[C@H](C[C@@H]1CC[C@H](C)[C@@H](CI)O1)O[Si](C(C)C)(C(C)C)C(C)C. The largest absolute Gasteiger partial charge is 0.410 e. The molecule has 0 amide bonds. The van der Waals surface area contributed by atoms with Crippen LogP contribution in [-0.2, 0) is 9.16 Å². The van der Waals surface area contributed by atoms with E-state index in [1.54, 1.807) is 0 Å². The summed E-state index contributed by atoms with van der Waals surface area (Å²) in [5.41, 5.74) is 1.84. The molecule has 1 heterocycles. The summed E-state index contributed by atoms with van der Waals surface area (Å²) in [6.45, 7) is 21.2. The maximum Gasteiger partial charge on any atom is 0.201 e. The Morgan fingerprint density at radius 3 is 2.04 bits per heavy atom. The first-order valence-corrected chi connectivity index (χ1v) is 15.3. The molecule has 4 heteroatoms. The van der Waals surface area contributed by atoms with Gasteiger partial charge in [-0.3, -0.25) is 0 Å². The van der Waals surface area contributed by atoms with Crippen molar-refractivity contribution >= 4 is 30.9 Å². The van der Waals surface area contributed by atoms with Crippen molar-refractivity contribution in [2.24, 2.45) is 11.8 Å². The number of ether oxygens (including phenoxy) is 1. The summed E-state index contributed by atoms with van der Waals surface area (Å²) in [4.78, 5) is 0. The molecule has 2 nitrogen and oxygen atoms in total. The summed E-state index contributed by atoms with van der Waals surface area (Å²) < 4.78 is 14.8. The first kappa shape index (κ1) is 26.6. The highest BCUT2D eigenvalue weighted by atomic mass is 127. The van der Waals surface area contributed by atoms with Gasteiger partial charge in [-0.15, -0.1) is 0 Å². The Morgan fingerprint density at radius 1 is 1.00 bits per heavy atom. The molecule has 0 aliphatic carbocycles. The Hall–Kier alpha value is 0.607. The lowest BCUT2D eigenvalue weighted by Gasteiger charge is -2.45. The second-order valence-electron chi connectivity index (χ2n) is 10.3. The fourth-order valence-corrected chi connectivity index (χ4v) is 11.6. The van der Waals surface area contributed by atoms with Gasteiger partial charge in [-0.2, -0.15) is 0 Å². The van der Waals surface area contributed by atoms with E-state index in [9.17, 15) is 0 Å². The van der Waals surface area contributed by atoms with Crippen LogP contribution in [0.5, 0.6) is 0 Å². The Morgan fingerprint density at radius 2 is 1.57 bits per heavy atom. The number of allylic oxidation sites excluding steroid dienone is 1. The molecule has 0 aromatic rings. The number of alkyl halides is 1. The van der Waals surface area contributed by atoms with Gasteiger partial charge in [0.05, 0.1) is 18.3 Å². The monoisotopic (exact) mass is 522 g/mol. The standard InChI is InChI=1S/C24H47IO2Si/c1-17(2)11-10-12-23(15-22-14-13-21(9)24(16-25)26-22)27-28(18(3)4,19(5)6)20(7)8/h10,12,17-24H,11,13-16H2,1-9H3/b12-10+/t21-,22-,23+,24+/m0/s1. The van der Waals surface area contributed by atoms with E-state index in [1.165, 1.54) is 12.8 Å². The van der Waals surface area contributed by atoms with E-state index in [0.29, 0.717) is 40.7 Å². The fourth-order valence-electron chi connectivity index (χ4n) is 5.04. The third-order valence-electron chi connectivity index (χ3n) is 6.61. The summed E-state index contributed by atoms with van der Waals surface area (Å²) in [6, 6.07) is 0. The number of hydrogen-bond acceptors (Lipinski definition) is 2. The van der Waals surface area contributed by atoms with Crippen molar-refractivity contribution in [1.29, 1.82) is 0 Å². The molecule has 0 unspecified atom stereocenters. The third kappa shape index (κ3) is 7.38. The lowest BCUT2D eigenvalue weighted by molar-refractivity contribution is -0.0767. The van der Waals surface area contributed by atoms with Crippen LogP contribution < -0.4 is 0 Å². The van der Waals surface area contributed by atoms with Crippen LogP contribution >= 0.6 is 22.6 Å². The molecule has 1 aliphatic rings. The molecule has 0 radical (unpaired) electrons. The predicted molar refractivity (Wildman–Crippen MR) is 135 cm³/mol. The summed E-state index contributed by atoms with van der Waals surface area (Å²) in [5.74, 6) is 1.37. The van der Waals surface area contributed by atoms with Crippen LogP contribution in [0.25, 0.3) is 0 Å². The van der Waals surface area contributed by atoms with Crippen LogP contribution in [0.4, 0.5) is 0 Å². The van der Waals surface area contributed by atoms with Crippen molar-refractivity contribution in [2.75, 3.05) is 4.43 Å². The van der Waals surface area contributed by atoms with Crippen LogP contribution in [-0.4, -0.2) is 31.1 Å². The van der Waals surface area contributed by atoms with Crippen molar-refractivity contribution in [3.63, 3.8) is 0 Å². The lowest BCUT2D eigenvalue weighted by atomic mass is 9.92. The highest BCUT2D eigenvalue weighted by Crippen LogP contribution is 2.44. The van der Waals surface area contributed by atoms with E-state index in [0.717, 1.165) is 17.3 Å². The van der Waals surface area contributed by atoms with Crippen LogP contribution in [0.1, 0.15) is 88.0 Å². The average molecular weight is 523 g/mol. The molecule has 1 fully saturated rings. The smallest absolute Gasteiger partial charge is 0.201 e. The van der Waals surface area contributed by atoms with E-state index in [4.69, 9.17) is 9.16 Å². The van der Waals surface area contributed by atoms with E-state index >= 15 is 0 Å². The van der Waals surface area contributed by atoms with Crippen molar-refractivity contribution < 1.29 is 9.16 Å². The van der Waals surface area contributed by atoms with Crippen molar-refractivity contribution in [3.05, 3.63) is 12.2 Å². The van der Waals surface area contributed by atoms with E-state index in [1.807, 2.05) is 0 Å². The summed E-state index contributed by atoms with van der Waals surface area (Å²) in [7, 11) is -1.90. The summed E-state index contributed by atoms with van der Waals surface area (Å²) in [6.07, 6.45) is 10.2. The number of halogens is 1. The Labute approximate surface area is 190 Å². The topological polar surface area (TPSA) is 18.5 Å². The minimum atomic E-state index is -1.90. The van der Waals surface area contributed by atoms with Crippen molar-refractivity contribution in [1.82, 2.24) is 0 Å². The van der Waals surface area contributed by atoms with Gasteiger partial charge in [0.2, 0.25) is 8.32 Å². The normalized spacial score (nSPS) is 25.6. The zero-order chi connectivity index (χ0) is 21.5. The van der Waals surface area contributed by atoms with Gasteiger partial charge in [-0.1, -0.05) is 97.1 Å². The minimum absolute atomic E-state index is 0.186. The molecule has 1 aliphatic heterocycles. The van der Waals surface area contributed by atoms with Crippen LogP contribution in [0.15, 0.2) is 12.2 Å². The Balaban J connectivity index is 3.02. The highest BCUT2D eigenvalue weighted by molar-refractivity contribution is 14.1. The van der Waals surface area contributed by atoms with Crippen LogP contribution in [0.3, 0.4) is 0 Å². The molecule has 0 saturated carbocycles. The summed E-state index contributed by atoms with van der Waals surface area (Å²) in [5, 5.41) is 0. The van der Waals surface area contributed by atoms with Gasteiger partial charge in [-0.25, -0.2) is 0 Å². The van der Waals surface area contributed by atoms with Gasteiger partial charge >= 0.3 is 0 Å².